The Morgan fingerprint density at radius 3 is 2.55 bits per heavy atom. The summed E-state index contributed by atoms with van der Waals surface area (Å²) in [5.41, 5.74) is 7.02. The predicted molar refractivity (Wildman–Crippen MR) is 114 cm³/mol. The number of nitrogens with one attached hydrogen (secondary N) is 2. The van der Waals surface area contributed by atoms with Crippen LogP contribution in [-0.2, 0) is 6.54 Å². The molecule has 0 aliphatic carbocycles. The first-order valence-electron chi connectivity index (χ1n) is 10.1. The zero-order chi connectivity index (χ0) is 20.8. The molecule has 4 N–H and O–H groups in total. The van der Waals surface area contributed by atoms with Crippen LogP contribution in [0.2, 0.25) is 0 Å². The average Bonchev–Trinajstić information content (AvgIpc) is 2.68. The molecule has 29 heavy (non-hydrogen) atoms. The Kier molecular flexibility index (Phi) is 6.82. The second-order valence-electron chi connectivity index (χ2n) is 7.87. The van der Waals surface area contributed by atoms with Gasteiger partial charge in [-0.25, -0.2) is 0 Å². The van der Waals surface area contributed by atoms with E-state index < -0.39 is 4.92 Å². The van der Waals surface area contributed by atoms with E-state index in [-0.39, 0.29) is 11.5 Å². The predicted octanol–water partition coefficient (Wildman–Crippen LogP) is 1.33. The Bertz CT molecular complexity index is 821. The summed E-state index contributed by atoms with van der Waals surface area (Å²) in [6.07, 6.45) is 0.955. The smallest absolute Gasteiger partial charge is 0.353 e. The van der Waals surface area contributed by atoms with Crippen LogP contribution >= 0.6 is 0 Å². The van der Waals surface area contributed by atoms with Gasteiger partial charge in [0.15, 0.2) is 0 Å². The molecule has 1 aliphatic heterocycles. The number of quaternary nitrogens is 1. The SMILES string of the molecule is CC(C)CCNc1nc(N)c([N+](=O)[O-])c(N2CC[NH+](Cc3ccccc3)CC2)n1. The van der Waals surface area contributed by atoms with Gasteiger partial charge in [0.1, 0.15) is 6.54 Å². The van der Waals surface area contributed by atoms with Crippen molar-refractivity contribution in [3.05, 3.63) is 46.0 Å². The first kappa shape index (κ1) is 20.8. The van der Waals surface area contributed by atoms with Crippen LogP contribution in [0.5, 0.6) is 0 Å². The van der Waals surface area contributed by atoms with E-state index in [1.165, 1.54) is 10.5 Å². The minimum Gasteiger partial charge on any atom is -0.378 e. The number of aromatic nitrogens is 2. The minimum atomic E-state index is -0.480. The summed E-state index contributed by atoms with van der Waals surface area (Å²) in [7, 11) is 0. The highest BCUT2D eigenvalue weighted by atomic mass is 16.6. The fourth-order valence-corrected chi connectivity index (χ4v) is 3.50. The maximum Gasteiger partial charge on any atom is 0.353 e. The van der Waals surface area contributed by atoms with Crippen LogP contribution in [0, 0.1) is 16.0 Å². The molecule has 2 aromatic rings. The van der Waals surface area contributed by atoms with E-state index in [2.05, 4.69) is 41.3 Å². The second kappa shape index (κ2) is 9.51. The lowest BCUT2D eigenvalue weighted by molar-refractivity contribution is -0.914. The number of benzene rings is 1. The summed E-state index contributed by atoms with van der Waals surface area (Å²) in [6.45, 7) is 9.05. The average molecular weight is 401 g/mol. The summed E-state index contributed by atoms with van der Waals surface area (Å²) in [4.78, 5) is 23.1. The van der Waals surface area contributed by atoms with E-state index in [9.17, 15) is 10.1 Å². The molecule has 1 aromatic carbocycles. The van der Waals surface area contributed by atoms with Crippen LogP contribution < -0.4 is 20.9 Å². The van der Waals surface area contributed by atoms with Crippen LogP contribution in [0.15, 0.2) is 30.3 Å². The number of anilines is 3. The van der Waals surface area contributed by atoms with Crippen LogP contribution in [0.25, 0.3) is 0 Å². The van der Waals surface area contributed by atoms with E-state index in [1.54, 1.807) is 0 Å². The van der Waals surface area contributed by atoms with E-state index in [4.69, 9.17) is 5.73 Å². The zero-order valence-corrected chi connectivity index (χ0v) is 17.1. The molecule has 0 amide bonds. The van der Waals surface area contributed by atoms with Crippen LogP contribution in [0.3, 0.4) is 0 Å². The van der Waals surface area contributed by atoms with Crippen molar-refractivity contribution in [1.82, 2.24) is 9.97 Å². The molecule has 0 saturated carbocycles. The quantitative estimate of drug-likeness (QED) is 0.452. The van der Waals surface area contributed by atoms with Gasteiger partial charge in [0.05, 0.1) is 31.1 Å². The number of nitrogen functional groups attached to an aromatic ring is 1. The molecule has 1 aliphatic rings. The summed E-state index contributed by atoms with van der Waals surface area (Å²) < 4.78 is 0. The molecule has 9 nitrogen and oxygen atoms in total. The molecular formula is C20H30N7O2+. The van der Waals surface area contributed by atoms with Gasteiger partial charge in [0.2, 0.25) is 17.6 Å². The lowest BCUT2D eigenvalue weighted by Gasteiger charge is -2.32. The fraction of sp³-hybridized carbons (Fsp3) is 0.500. The highest BCUT2D eigenvalue weighted by Crippen LogP contribution is 2.32. The Hall–Kier alpha value is -2.94. The van der Waals surface area contributed by atoms with Gasteiger partial charge < -0.3 is 20.9 Å². The topological polar surface area (TPSA) is 115 Å². The number of nitrogens with zero attached hydrogens (tertiary/aromatic N) is 4. The van der Waals surface area contributed by atoms with Crippen molar-refractivity contribution in [3.8, 4) is 0 Å². The molecule has 1 fully saturated rings. The third kappa shape index (κ3) is 5.54. The van der Waals surface area contributed by atoms with Crippen molar-refractivity contribution in [2.24, 2.45) is 5.92 Å². The van der Waals surface area contributed by atoms with Crippen LogP contribution in [0.1, 0.15) is 25.8 Å². The molecule has 0 spiro atoms. The number of nitrogens with two attached hydrogens (primary N) is 1. The Morgan fingerprint density at radius 2 is 1.93 bits per heavy atom. The number of rotatable bonds is 8. The first-order valence-corrected chi connectivity index (χ1v) is 10.1. The summed E-state index contributed by atoms with van der Waals surface area (Å²) in [5, 5.41) is 14.7. The van der Waals surface area contributed by atoms with Crippen molar-refractivity contribution < 1.29 is 9.82 Å². The Balaban J connectivity index is 1.71. The minimum absolute atomic E-state index is 0.0916. The van der Waals surface area contributed by atoms with Crippen molar-refractivity contribution in [2.45, 2.75) is 26.8 Å². The molecule has 2 heterocycles. The molecule has 0 atom stereocenters. The third-order valence-electron chi connectivity index (χ3n) is 5.15. The highest BCUT2D eigenvalue weighted by Gasteiger charge is 2.30. The first-order chi connectivity index (χ1) is 13.9. The molecule has 156 valence electrons. The van der Waals surface area contributed by atoms with E-state index in [0.717, 1.165) is 26.1 Å². The summed E-state index contributed by atoms with van der Waals surface area (Å²) in [5.74, 6) is 1.11. The van der Waals surface area contributed by atoms with Crippen molar-refractivity contribution in [3.63, 3.8) is 0 Å². The summed E-state index contributed by atoms with van der Waals surface area (Å²) in [6, 6.07) is 10.4. The van der Waals surface area contributed by atoms with Gasteiger partial charge in [-0.15, -0.1) is 0 Å². The maximum atomic E-state index is 11.6. The molecule has 9 heteroatoms. The largest absolute Gasteiger partial charge is 0.378 e. The van der Waals surface area contributed by atoms with Gasteiger partial charge in [-0.05, 0) is 12.3 Å². The number of piperazine rings is 1. The Morgan fingerprint density at radius 1 is 1.24 bits per heavy atom. The summed E-state index contributed by atoms with van der Waals surface area (Å²) >= 11 is 0. The Labute approximate surface area is 171 Å². The molecule has 0 unspecified atom stereocenters. The number of hydrogen-bond donors (Lipinski definition) is 3. The second-order valence-corrected chi connectivity index (χ2v) is 7.87. The van der Waals surface area contributed by atoms with E-state index in [1.807, 2.05) is 23.1 Å². The monoisotopic (exact) mass is 400 g/mol. The molecule has 3 rings (SSSR count). The lowest BCUT2D eigenvalue weighted by Crippen LogP contribution is -3.13. The highest BCUT2D eigenvalue weighted by molar-refractivity contribution is 5.71. The van der Waals surface area contributed by atoms with Gasteiger partial charge >= 0.3 is 5.69 Å². The van der Waals surface area contributed by atoms with Gasteiger partial charge in [-0.3, -0.25) is 10.1 Å². The van der Waals surface area contributed by atoms with Crippen molar-refractivity contribution in [2.75, 3.05) is 48.7 Å². The molecule has 1 aromatic heterocycles. The van der Waals surface area contributed by atoms with Gasteiger partial charge in [0.25, 0.3) is 0 Å². The zero-order valence-electron chi connectivity index (χ0n) is 17.1. The lowest BCUT2D eigenvalue weighted by atomic mass is 10.1. The van der Waals surface area contributed by atoms with Gasteiger partial charge in [-0.2, -0.15) is 9.97 Å². The molecule has 0 bridgehead atoms. The standard InChI is InChI=1S/C20H29N7O2/c1-15(2)8-9-22-20-23-18(21)17(27(28)29)19(24-20)26-12-10-25(11-13-26)14-16-6-4-3-5-7-16/h3-7,15H,8-14H2,1-2H3,(H3,21,22,23,24)/p+1. The molecule has 0 radical (unpaired) electrons. The maximum absolute atomic E-state index is 11.6. The van der Waals surface area contributed by atoms with Crippen LogP contribution in [0.4, 0.5) is 23.3 Å². The van der Waals surface area contributed by atoms with Crippen molar-refractivity contribution >= 4 is 23.3 Å². The van der Waals surface area contributed by atoms with Gasteiger partial charge in [0, 0.05) is 12.1 Å². The van der Waals surface area contributed by atoms with Crippen molar-refractivity contribution in [1.29, 1.82) is 0 Å². The molecule has 1 saturated heterocycles. The third-order valence-corrected chi connectivity index (χ3v) is 5.15. The normalized spacial score (nSPS) is 14.9. The number of hydrogen-bond acceptors (Lipinski definition) is 7. The van der Waals surface area contributed by atoms with E-state index >= 15 is 0 Å². The van der Waals surface area contributed by atoms with Gasteiger partial charge in [-0.1, -0.05) is 44.2 Å². The fourth-order valence-electron chi connectivity index (χ4n) is 3.50. The van der Waals surface area contributed by atoms with E-state index in [0.29, 0.717) is 37.3 Å². The van der Waals surface area contributed by atoms with Crippen LogP contribution in [-0.4, -0.2) is 47.6 Å². The number of nitro groups is 1. The molecular weight excluding hydrogens is 370 g/mol.